The molecule has 2 aliphatic heterocycles. The lowest BCUT2D eigenvalue weighted by atomic mass is 9.97. The molecule has 0 aromatic heterocycles. The lowest BCUT2D eigenvalue weighted by molar-refractivity contribution is -0.156. The van der Waals surface area contributed by atoms with E-state index in [0.717, 1.165) is 22.7 Å². The van der Waals surface area contributed by atoms with Crippen molar-refractivity contribution in [2.45, 2.75) is 44.9 Å². The summed E-state index contributed by atoms with van der Waals surface area (Å²) in [5, 5.41) is 9.93. The Bertz CT molecular complexity index is 1040. The van der Waals surface area contributed by atoms with Crippen molar-refractivity contribution in [1.29, 1.82) is 0 Å². The number of carbonyl (C=O) groups is 1. The minimum Gasteiger partial charge on any atom is -0.458 e. The molecule has 0 bridgehead atoms. The number of hydrogen-bond acceptors (Lipinski definition) is 5. The summed E-state index contributed by atoms with van der Waals surface area (Å²) in [7, 11) is 0. The molecule has 4 rings (SSSR count). The van der Waals surface area contributed by atoms with Gasteiger partial charge in [0.1, 0.15) is 17.8 Å². The zero-order valence-corrected chi connectivity index (χ0v) is 18.2. The predicted octanol–water partition coefficient (Wildman–Crippen LogP) is 4.86. The second kappa shape index (κ2) is 9.49. The Morgan fingerprint density at radius 1 is 1.16 bits per heavy atom. The number of cyclic esters (lactones) is 1. The zero-order valence-electron chi connectivity index (χ0n) is 18.2. The Morgan fingerprint density at radius 2 is 1.88 bits per heavy atom. The highest BCUT2D eigenvalue weighted by Gasteiger charge is 2.29. The highest BCUT2D eigenvalue weighted by molar-refractivity contribution is 5.93. The standard InChI is InChI=1S/C26H27FN2O3/c1-17(2)26-28-23(18-6-4-3-5-7-18)16-24(19-8-10-20(27)11-9-19)29(26)13-12-22-14-21(30)15-25(31)32-22/h3-13,16-17,21-22,24,30H,14-15H2,1-2H3/b13-12+/t21-,22-,24?/m1/s1. The maximum absolute atomic E-state index is 13.6. The van der Waals surface area contributed by atoms with Gasteiger partial charge in [0.15, 0.2) is 0 Å². The number of hydrogen-bond donors (Lipinski definition) is 1. The van der Waals surface area contributed by atoms with E-state index in [1.807, 2.05) is 41.4 Å². The number of nitrogens with zero attached hydrogens (tertiary/aromatic N) is 2. The van der Waals surface area contributed by atoms with Crippen molar-refractivity contribution in [1.82, 2.24) is 4.90 Å². The SMILES string of the molecule is CC(C)C1=NC(c2ccccc2)=CC(c2ccc(F)cc2)N1/C=C/[C@@H]1C[C@@H](O)CC(=O)O1. The molecule has 6 heteroatoms. The van der Waals surface area contributed by atoms with Crippen LogP contribution in [0.15, 0.2) is 77.9 Å². The van der Waals surface area contributed by atoms with Crippen molar-refractivity contribution < 1.29 is 19.0 Å². The van der Waals surface area contributed by atoms with E-state index in [9.17, 15) is 14.3 Å². The second-order valence-electron chi connectivity index (χ2n) is 8.41. The molecule has 1 fully saturated rings. The molecule has 0 saturated carbocycles. The Morgan fingerprint density at radius 3 is 2.53 bits per heavy atom. The number of esters is 1. The van der Waals surface area contributed by atoms with E-state index >= 15 is 0 Å². The molecule has 2 heterocycles. The maximum Gasteiger partial charge on any atom is 0.309 e. The quantitative estimate of drug-likeness (QED) is 0.683. The van der Waals surface area contributed by atoms with Crippen LogP contribution < -0.4 is 0 Å². The molecule has 5 nitrogen and oxygen atoms in total. The van der Waals surface area contributed by atoms with Crippen LogP contribution in [-0.2, 0) is 9.53 Å². The van der Waals surface area contributed by atoms with Gasteiger partial charge < -0.3 is 14.7 Å². The number of carbonyl (C=O) groups excluding carboxylic acids is 1. The van der Waals surface area contributed by atoms with Crippen molar-refractivity contribution >= 4 is 17.5 Å². The molecule has 3 atom stereocenters. The van der Waals surface area contributed by atoms with Gasteiger partial charge in [-0.15, -0.1) is 0 Å². The number of amidine groups is 1. The molecule has 0 radical (unpaired) electrons. The first-order chi connectivity index (χ1) is 15.4. The van der Waals surface area contributed by atoms with E-state index in [2.05, 4.69) is 19.9 Å². The lowest BCUT2D eigenvalue weighted by Gasteiger charge is -2.36. The molecular weight excluding hydrogens is 407 g/mol. The molecular formula is C26H27FN2O3. The summed E-state index contributed by atoms with van der Waals surface area (Å²) in [6.45, 7) is 4.14. The van der Waals surface area contributed by atoms with Crippen LogP contribution in [0.1, 0.15) is 43.9 Å². The van der Waals surface area contributed by atoms with Crippen molar-refractivity contribution in [3.05, 3.63) is 89.9 Å². The van der Waals surface area contributed by atoms with Crippen molar-refractivity contribution in [2.75, 3.05) is 0 Å². The summed E-state index contributed by atoms with van der Waals surface area (Å²) < 4.78 is 19.0. The van der Waals surface area contributed by atoms with Crippen LogP contribution in [-0.4, -0.2) is 34.0 Å². The van der Waals surface area contributed by atoms with E-state index < -0.39 is 18.2 Å². The molecule has 0 amide bonds. The van der Waals surface area contributed by atoms with E-state index in [-0.39, 0.29) is 24.2 Å². The number of rotatable bonds is 5. The minimum absolute atomic E-state index is 0.0220. The third-order valence-corrected chi connectivity index (χ3v) is 5.56. The number of halogens is 1. The third-order valence-electron chi connectivity index (χ3n) is 5.56. The van der Waals surface area contributed by atoms with E-state index in [4.69, 9.17) is 9.73 Å². The molecule has 1 N–H and O–H groups in total. The molecule has 2 aromatic rings. The summed E-state index contributed by atoms with van der Waals surface area (Å²) in [4.78, 5) is 18.7. The molecule has 2 aromatic carbocycles. The molecule has 1 saturated heterocycles. The van der Waals surface area contributed by atoms with Gasteiger partial charge >= 0.3 is 5.97 Å². The number of ether oxygens (including phenoxy) is 1. The van der Waals surface area contributed by atoms with Gasteiger partial charge in [-0.1, -0.05) is 56.3 Å². The van der Waals surface area contributed by atoms with Gasteiger partial charge in [0.25, 0.3) is 0 Å². The molecule has 0 spiro atoms. The number of aliphatic hydroxyl groups is 1. The van der Waals surface area contributed by atoms with Crippen LogP contribution in [0.4, 0.5) is 4.39 Å². The zero-order chi connectivity index (χ0) is 22.7. The number of benzene rings is 2. The van der Waals surface area contributed by atoms with Gasteiger partial charge in [0, 0.05) is 18.5 Å². The van der Waals surface area contributed by atoms with Crippen LogP contribution in [0, 0.1) is 11.7 Å². The van der Waals surface area contributed by atoms with Gasteiger partial charge in [-0.05, 0) is 35.4 Å². The molecule has 166 valence electrons. The fraction of sp³-hybridized carbons (Fsp3) is 0.308. The van der Waals surface area contributed by atoms with Crippen molar-refractivity contribution in [2.24, 2.45) is 10.9 Å². The van der Waals surface area contributed by atoms with E-state index in [0.29, 0.717) is 6.42 Å². The smallest absolute Gasteiger partial charge is 0.309 e. The van der Waals surface area contributed by atoms with Crippen LogP contribution in [0.5, 0.6) is 0 Å². The molecule has 32 heavy (non-hydrogen) atoms. The summed E-state index contributed by atoms with van der Waals surface area (Å²) >= 11 is 0. The largest absolute Gasteiger partial charge is 0.458 e. The van der Waals surface area contributed by atoms with Gasteiger partial charge in [0.05, 0.1) is 24.3 Å². The summed E-state index contributed by atoms with van der Waals surface area (Å²) in [6.07, 6.45) is 4.87. The van der Waals surface area contributed by atoms with Crippen LogP contribution >= 0.6 is 0 Å². The number of aliphatic hydroxyl groups excluding tert-OH is 1. The van der Waals surface area contributed by atoms with Crippen molar-refractivity contribution in [3.8, 4) is 0 Å². The molecule has 2 aliphatic rings. The van der Waals surface area contributed by atoms with Gasteiger partial charge in [-0.2, -0.15) is 0 Å². The summed E-state index contributed by atoms with van der Waals surface area (Å²) in [6, 6.07) is 16.2. The van der Waals surface area contributed by atoms with Crippen LogP contribution in [0.2, 0.25) is 0 Å². The average molecular weight is 435 g/mol. The fourth-order valence-electron chi connectivity index (χ4n) is 3.99. The van der Waals surface area contributed by atoms with Crippen molar-refractivity contribution in [3.63, 3.8) is 0 Å². The number of aliphatic imine (C=N–C) groups is 1. The van der Waals surface area contributed by atoms with Gasteiger partial charge in [0.2, 0.25) is 0 Å². The minimum atomic E-state index is -0.706. The van der Waals surface area contributed by atoms with E-state index in [1.165, 1.54) is 12.1 Å². The molecule has 1 unspecified atom stereocenters. The Kier molecular flexibility index (Phi) is 6.51. The predicted molar refractivity (Wildman–Crippen MR) is 122 cm³/mol. The maximum atomic E-state index is 13.6. The highest BCUT2D eigenvalue weighted by Crippen LogP contribution is 2.34. The Labute approximate surface area is 187 Å². The lowest BCUT2D eigenvalue weighted by Crippen LogP contribution is -2.36. The second-order valence-corrected chi connectivity index (χ2v) is 8.41. The topological polar surface area (TPSA) is 62.1 Å². The first kappa shape index (κ1) is 22.0. The average Bonchev–Trinajstić information content (AvgIpc) is 2.77. The first-order valence-electron chi connectivity index (χ1n) is 10.9. The summed E-state index contributed by atoms with van der Waals surface area (Å²) in [5.74, 6) is 0.255. The summed E-state index contributed by atoms with van der Waals surface area (Å²) in [5.41, 5.74) is 2.77. The third kappa shape index (κ3) is 4.97. The highest BCUT2D eigenvalue weighted by atomic mass is 19.1. The Hall–Kier alpha value is -3.25. The monoisotopic (exact) mass is 434 g/mol. The molecule has 0 aliphatic carbocycles. The van der Waals surface area contributed by atoms with Crippen LogP contribution in [0.25, 0.3) is 5.70 Å². The van der Waals surface area contributed by atoms with E-state index in [1.54, 1.807) is 18.2 Å². The fourth-order valence-corrected chi connectivity index (χ4v) is 3.99. The Balaban J connectivity index is 1.74. The first-order valence-corrected chi connectivity index (χ1v) is 10.9. The normalized spacial score (nSPS) is 23.8. The van der Waals surface area contributed by atoms with Crippen LogP contribution in [0.3, 0.4) is 0 Å². The van der Waals surface area contributed by atoms with Gasteiger partial charge in [-0.25, -0.2) is 9.38 Å². The van der Waals surface area contributed by atoms with Gasteiger partial charge in [-0.3, -0.25) is 4.79 Å².